The van der Waals surface area contributed by atoms with Gasteiger partial charge in [-0.3, -0.25) is 9.59 Å². The van der Waals surface area contributed by atoms with Crippen molar-refractivity contribution in [3.8, 4) is 11.5 Å². The van der Waals surface area contributed by atoms with Gasteiger partial charge in [0.2, 0.25) is 0 Å². The molecule has 0 saturated carbocycles. The molecule has 2 N–H and O–H groups in total. The molecule has 2 amide bonds. The van der Waals surface area contributed by atoms with Gasteiger partial charge in [0.1, 0.15) is 6.61 Å². The summed E-state index contributed by atoms with van der Waals surface area (Å²) in [5.41, 5.74) is 3.69. The predicted molar refractivity (Wildman–Crippen MR) is 103 cm³/mol. The molecule has 0 heterocycles. The lowest BCUT2D eigenvalue weighted by Gasteiger charge is -2.14. The first kappa shape index (κ1) is 20.3. The number of hydrogen-bond acceptors (Lipinski definition) is 5. The summed E-state index contributed by atoms with van der Waals surface area (Å²) in [6, 6.07) is 13.0. The Hall–Kier alpha value is -3.06. The second kappa shape index (κ2) is 10.2. The Morgan fingerprint density at radius 1 is 1.15 bits per heavy atom. The van der Waals surface area contributed by atoms with E-state index in [1.54, 1.807) is 12.1 Å². The van der Waals surface area contributed by atoms with Crippen molar-refractivity contribution in [3.63, 3.8) is 0 Å². The Kier molecular flexibility index (Phi) is 7.63. The molecule has 142 valence electrons. The molecule has 0 saturated heterocycles. The third-order valence-corrected chi connectivity index (χ3v) is 3.65. The van der Waals surface area contributed by atoms with Crippen molar-refractivity contribution >= 4 is 29.6 Å². The summed E-state index contributed by atoms with van der Waals surface area (Å²) in [4.78, 5) is 22.5. The zero-order valence-electron chi connectivity index (χ0n) is 15.0. The van der Waals surface area contributed by atoms with Crippen LogP contribution in [0.3, 0.4) is 0 Å². The summed E-state index contributed by atoms with van der Waals surface area (Å²) in [6.45, 7) is 2.61. The Balaban J connectivity index is 2.14. The standard InChI is InChI=1S/C19H20ClN3O4/c1-3-26-16-10-14(11-22-23-19(25)18(24)21-2)9-15(20)17(16)27-12-13-7-5-4-6-8-13/h4-11H,3,12H2,1-2H3,(H,21,24)(H,23,25)/b22-11-. The third kappa shape index (κ3) is 6.00. The number of ether oxygens (including phenoxy) is 2. The van der Waals surface area contributed by atoms with Crippen molar-refractivity contribution < 1.29 is 19.1 Å². The van der Waals surface area contributed by atoms with E-state index in [0.717, 1.165) is 5.56 Å². The average molecular weight is 390 g/mol. The fraction of sp³-hybridized carbons (Fsp3) is 0.211. The van der Waals surface area contributed by atoms with Gasteiger partial charge in [0.25, 0.3) is 0 Å². The second-order valence-corrected chi connectivity index (χ2v) is 5.72. The Bertz CT molecular complexity index is 825. The molecular formula is C19H20ClN3O4. The quantitative estimate of drug-likeness (QED) is 0.432. The van der Waals surface area contributed by atoms with Gasteiger partial charge in [-0.2, -0.15) is 5.10 Å². The number of amides is 2. The molecule has 27 heavy (non-hydrogen) atoms. The molecule has 2 rings (SSSR count). The van der Waals surface area contributed by atoms with Gasteiger partial charge < -0.3 is 14.8 Å². The van der Waals surface area contributed by atoms with E-state index in [2.05, 4.69) is 15.8 Å². The lowest BCUT2D eigenvalue weighted by atomic mass is 10.2. The van der Waals surface area contributed by atoms with E-state index in [1.807, 2.05) is 37.3 Å². The van der Waals surface area contributed by atoms with Crippen molar-refractivity contribution in [2.24, 2.45) is 5.10 Å². The van der Waals surface area contributed by atoms with Crippen LogP contribution >= 0.6 is 11.6 Å². The molecule has 0 spiro atoms. The topological polar surface area (TPSA) is 89.0 Å². The molecular weight excluding hydrogens is 370 g/mol. The Morgan fingerprint density at radius 3 is 2.56 bits per heavy atom. The van der Waals surface area contributed by atoms with E-state index >= 15 is 0 Å². The third-order valence-electron chi connectivity index (χ3n) is 3.37. The first-order chi connectivity index (χ1) is 13.0. The molecule has 2 aromatic rings. The SMILES string of the molecule is CCOc1cc(/C=N\NC(=O)C(=O)NC)cc(Cl)c1OCc1ccccc1. The number of carbonyl (C=O) groups is 2. The molecule has 7 nitrogen and oxygen atoms in total. The van der Waals surface area contributed by atoms with Crippen LogP contribution in [-0.2, 0) is 16.2 Å². The van der Waals surface area contributed by atoms with Crippen LogP contribution in [0.15, 0.2) is 47.6 Å². The summed E-state index contributed by atoms with van der Waals surface area (Å²) < 4.78 is 11.4. The maximum absolute atomic E-state index is 11.4. The van der Waals surface area contributed by atoms with Crippen molar-refractivity contribution in [1.29, 1.82) is 0 Å². The van der Waals surface area contributed by atoms with Crippen molar-refractivity contribution in [2.75, 3.05) is 13.7 Å². The van der Waals surface area contributed by atoms with Crippen LogP contribution in [0, 0.1) is 0 Å². The highest BCUT2D eigenvalue weighted by Gasteiger charge is 2.13. The molecule has 2 aromatic carbocycles. The van der Waals surface area contributed by atoms with Gasteiger partial charge in [0.05, 0.1) is 17.8 Å². The van der Waals surface area contributed by atoms with Gasteiger partial charge in [0, 0.05) is 7.05 Å². The van der Waals surface area contributed by atoms with Crippen LogP contribution in [0.4, 0.5) is 0 Å². The van der Waals surface area contributed by atoms with Crippen LogP contribution in [0.2, 0.25) is 5.02 Å². The minimum absolute atomic E-state index is 0.343. The number of halogens is 1. The van der Waals surface area contributed by atoms with E-state index in [9.17, 15) is 9.59 Å². The van der Waals surface area contributed by atoms with Gasteiger partial charge >= 0.3 is 11.8 Å². The molecule has 0 fully saturated rings. The maximum atomic E-state index is 11.4. The largest absolute Gasteiger partial charge is 0.490 e. The maximum Gasteiger partial charge on any atom is 0.329 e. The first-order valence-electron chi connectivity index (χ1n) is 8.23. The molecule has 0 atom stereocenters. The summed E-state index contributed by atoms with van der Waals surface area (Å²) in [5, 5.41) is 6.28. The molecule has 0 aromatic heterocycles. The Morgan fingerprint density at radius 2 is 1.89 bits per heavy atom. The van der Waals surface area contributed by atoms with Gasteiger partial charge in [-0.1, -0.05) is 41.9 Å². The molecule has 0 aliphatic heterocycles. The number of carbonyl (C=O) groups excluding carboxylic acids is 2. The fourth-order valence-corrected chi connectivity index (χ4v) is 2.40. The van der Waals surface area contributed by atoms with Crippen molar-refractivity contribution in [3.05, 3.63) is 58.6 Å². The number of hydrogen-bond donors (Lipinski definition) is 2. The predicted octanol–water partition coefficient (Wildman–Crippen LogP) is 2.51. The number of likely N-dealkylation sites (N-methyl/N-ethyl adjacent to an activating group) is 1. The highest BCUT2D eigenvalue weighted by atomic mass is 35.5. The van der Waals surface area contributed by atoms with Gasteiger partial charge in [-0.15, -0.1) is 0 Å². The lowest BCUT2D eigenvalue weighted by Crippen LogP contribution is -2.35. The number of benzene rings is 2. The zero-order valence-corrected chi connectivity index (χ0v) is 15.7. The lowest BCUT2D eigenvalue weighted by molar-refractivity contribution is -0.138. The summed E-state index contributed by atoms with van der Waals surface area (Å²) in [5.74, 6) is -0.772. The van der Waals surface area contributed by atoms with Crippen LogP contribution in [0.5, 0.6) is 11.5 Å². The van der Waals surface area contributed by atoms with E-state index in [0.29, 0.717) is 35.3 Å². The molecule has 0 aliphatic carbocycles. The van der Waals surface area contributed by atoms with Gasteiger partial charge in [-0.25, -0.2) is 5.43 Å². The van der Waals surface area contributed by atoms with E-state index < -0.39 is 11.8 Å². The van der Waals surface area contributed by atoms with Gasteiger partial charge in [-0.05, 0) is 30.2 Å². The van der Waals surface area contributed by atoms with Crippen LogP contribution < -0.4 is 20.2 Å². The summed E-state index contributed by atoms with van der Waals surface area (Å²) >= 11 is 6.33. The second-order valence-electron chi connectivity index (χ2n) is 5.32. The monoisotopic (exact) mass is 389 g/mol. The van der Waals surface area contributed by atoms with Crippen molar-refractivity contribution in [2.45, 2.75) is 13.5 Å². The minimum atomic E-state index is -0.868. The average Bonchev–Trinajstić information content (AvgIpc) is 2.67. The van der Waals surface area contributed by atoms with Crippen LogP contribution in [0.25, 0.3) is 0 Å². The molecule has 0 aliphatic rings. The van der Waals surface area contributed by atoms with E-state index in [1.165, 1.54) is 13.3 Å². The molecule has 0 unspecified atom stereocenters. The van der Waals surface area contributed by atoms with E-state index in [-0.39, 0.29) is 0 Å². The first-order valence-corrected chi connectivity index (χ1v) is 8.61. The number of nitrogens with zero attached hydrogens (tertiary/aromatic N) is 1. The van der Waals surface area contributed by atoms with Crippen LogP contribution in [-0.4, -0.2) is 31.7 Å². The fourth-order valence-electron chi connectivity index (χ4n) is 2.12. The molecule has 8 heteroatoms. The Labute approximate surface area is 162 Å². The van der Waals surface area contributed by atoms with E-state index in [4.69, 9.17) is 21.1 Å². The summed E-state index contributed by atoms with van der Waals surface area (Å²) in [7, 11) is 1.36. The number of rotatable bonds is 7. The summed E-state index contributed by atoms with van der Waals surface area (Å²) in [6.07, 6.45) is 1.36. The molecule has 0 radical (unpaired) electrons. The number of nitrogens with one attached hydrogen (secondary N) is 2. The minimum Gasteiger partial charge on any atom is -0.490 e. The van der Waals surface area contributed by atoms with Crippen molar-refractivity contribution in [1.82, 2.24) is 10.7 Å². The smallest absolute Gasteiger partial charge is 0.329 e. The normalized spacial score (nSPS) is 10.5. The number of hydrazone groups is 1. The van der Waals surface area contributed by atoms with Gasteiger partial charge in [0.15, 0.2) is 11.5 Å². The van der Waals surface area contributed by atoms with Crippen LogP contribution in [0.1, 0.15) is 18.1 Å². The highest BCUT2D eigenvalue weighted by Crippen LogP contribution is 2.36. The zero-order chi connectivity index (χ0) is 19.6. The highest BCUT2D eigenvalue weighted by molar-refractivity contribution is 6.35. The molecule has 0 bridgehead atoms.